The Morgan fingerprint density at radius 2 is 1.85 bits per heavy atom. The predicted molar refractivity (Wildman–Crippen MR) is 135 cm³/mol. The van der Waals surface area contributed by atoms with Crippen LogP contribution in [0.25, 0.3) is 17.0 Å². The van der Waals surface area contributed by atoms with E-state index in [1.54, 1.807) is 12.1 Å². The maximum atomic E-state index is 13.6. The summed E-state index contributed by atoms with van der Waals surface area (Å²) in [5.74, 6) is 1.91. The highest BCUT2D eigenvalue weighted by Gasteiger charge is 2.34. The molecule has 1 aliphatic heterocycles. The van der Waals surface area contributed by atoms with E-state index in [9.17, 15) is 4.39 Å². The average molecular weight is 481 g/mol. The van der Waals surface area contributed by atoms with Gasteiger partial charge in [0.05, 0.1) is 18.2 Å². The normalized spacial score (nSPS) is 16.2. The van der Waals surface area contributed by atoms with E-state index in [4.69, 9.17) is 26.5 Å². The van der Waals surface area contributed by atoms with Crippen molar-refractivity contribution in [1.82, 2.24) is 20.4 Å². The number of nitrogens with zero attached hydrogens (tertiary/aromatic N) is 3. The van der Waals surface area contributed by atoms with Crippen LogP contribution in [0.3, 0.4) is 0 Å². The molecule has 0 spiro atoms. The van der Waals surface area contributed by atoms with Gasteiger partial charge in [-0.1, -0.05) is 31.1 Å². The number of thiocarbonyl (C=S) groups is 1. The molecule has 1 N–H and O–H groups in total. The van der Waals surface area contributed by atoms with E-state index in [2.05, 4.69) is 29.2 Å². The van der Waals surface area contributed by atoms with Gasteiger partial charge in [-0.05, 0) is 80.4 Å². The van der Waals surface area contributed by atoms with Crippen LogP contribution < -0.4 is 10.1 Å². The Morgan fingerprint density at radius 3 is 2.50 bits per heavy atom. The van der Waals surface area contributed by atoms with E-state index in [0.717, 1.165) is 41.1 Å². The van der Waals surface area contributed by atoms with Crippen LogP contribution in [0.4, 0.5) is 4.39 Å². The van der Waals surface area contributed by atoms with Gasteiger partial charge in [0.15, 0.2) is 5.11 Å². The number of benzene rings is 2. The monoisotopic (exact) mass is 480 g/mol. The van der Waals surface area contributed by atoms with Crippen LogP contribution in [0.2, 0.25) is 0 Å². The molecule has 0 aliphatic carbocycles. The van der Waals surface area contributed by atoms with Gasteiger partial charge in [-0.2, -0.15) is 4.98 Å². The Bertz CT molecular complexity index is 1170. The molecular weight excluding hydrogens is 451 g/mol. The summed E-state index contributed by atoms with van der Waals surface area (Å²) >= 11 is 5.71. The average Bonchev–Trinajstić information content (AvgIpc) is 3.29. The Labute approximate surface area is 204 Å². The molecular formula is C26H29FN4O2S. The molecule has 1 aliphatic rings. The van der Waals surface area contributed by atoms with E-state index >= 15 is 0 Å². The zero-order valence-electron chi connectivity index (χ0n) is 19.8. The van der Waals surface area contributed by atoms with Crippen LogP contribution in [-0.4, -0.2) is 33.3 Å². The zero-order valence-corrected chi connectivity index (χ0v) is 20.7. The van der Waals surface area contributed by atoms with Gasteiger partial charge in [0, 0.05) is 17.8 Å². The second kappa shape index (κ2) is 10.3. The highest BCUT2D eigenvalue weighted by atomic mass is 32.1. The van der Waals surface area contributed by atoms with Crippen LogP contribution in [0, 0.1) is 11.7 Å². The van der Waals surface area contributed by atoms with Crippen molar-refractivity contribution >= 4 is 22.9 Å². The van der Waals surface area contributed by atoms with Crippen LogP contribution in [0.5, 0.6) is 5.75 Å². The molecule has 0 saturated carbocycles. The molecule has 0 fully saturated rings. The summed E-state index contributed by atoms with van der Waals surface area (Å²) in [7, 11) is 0. The van der Waals surface area contributed by atoms with Crippen molar-refractivity contribution in [2.45, 2.75) is 40.2 Å². The first-order chi connectivity index (χ1) is 16.4. The second-order valence-electron chi connectivity index (χ2n) is 8.65. The van der Waals surface area contributed by atoms with Crippen molar-refractivity contribution < 1.29 is 13.7 Å². The zero-order chi connectivity index (χ0) is 24.2. The van der Waals surface area contributed by atoms with Crippen LogP contribution >= 0.6 is 12.2 Å². The standard InChI is InChI=1S/C26H29FN4O2S/c1-5-32-21-12-8-19(9-13-21)24-29-25(33-30-24)22-17(4)31(15-14-16(2)3)26(34)28-23(22)18-6-10-20(27)11-7-18/h6-13,16,23H,5,14-15H2,1-4H3,(H,28,34). The molecule has 0 amide bonds. The summed E-state index contributed by atoms with van der Waals surface area (Å²) in [6.07, 6.45) is 0.981. The Hall–Kier alpha value is -3.26. The first-order valence-corrected chi connectivity index (χ1v) is 11.9. The summed E-state index contributed by atoms with van der Waals surface area (Å²) in [6.45, 7) is 9.70. The quantitative estimate of drug-likeness (QED) is 0.398. The molecule has 2 aromatic carbocycles. The molecule has 34 heavy (non-hydrogen) atoms. The number of hydrogen-bond acceptors (Lipinski definition) is 5. The molecule has 4 rings (SSSR count). The van der Waals surface area contributed by atoms with E-state index in [-0.39, 0.29) is 11.9 Å². The summed E-state index contributed by atoms with van der Waals surface area (Å²) in [6, 6.07) is 13.6. The molecule has 1 unspecified atom stereocenters. The third-order valence-electron chi connectivity index (χ3n) is 5.81. The number of allylic oxidation sites excluding steroid dienone is 1. The molecule has 3 aromatic rings. The molecule has 1 atom stereocenters. The fourth-order valence-corrected chi connectivity index (χ4v) is 4.28. The lowest BCUT2D eigenvalue weighted by Gasteiger charge is -2.37. The molecule has 6 nitrogen and oxygen atoms in total. The number of halogens is 1. The van der Waals surface area contributed by atoms with Gasteiger partial charge in [0.1, 0.15) is 11.6 Å². The third-order valence-corrected chi connectivity index (χ3v) is 6.15. The lowest BCUT2D eigenvalue weighted by atomic mass is 9.94. The number of hydrogen-bond donors (Lipinski definition) is 1. The molecule has 0 bridgehead atoms. The smallest absolute Gasteiger partial charge is 0.258 e. The highest BCUT2D eigenvalue weighted by molar-refractivity contribution is 7.80. The minimum Gasteiger partial charge on any atom is -0.494 e. The first-order valence-electron chi connectivity index (χ1n) is 11.5. The van der Waals surface area contributed by atoms with Crippen molar-refractivity contribution in [2.75, 3.05) is 13.2 Å². The highest BCUT2D eigenvalue weighted by Crippen LogP contribution is 2.37. The lowest BCUT2D eigenvalue weighted by molar-refractivity contribution is 0.340. The minimum atomic E-state index is -0.336. The molecule has 0 saturated heterocycles. The van der Waals surface area contributed by atoms with Crippen molar-refractivity contribution in [3.05, 3.63) is 71.5 Å². The van der Waals surface area contributed by atoms with Crippen LogP contribution in [0.15, 0.2) is 58.8 Å². The number of rotatable bonds is 8. The predicted octanol–water partition coefficient (Wildman–Crippen LogP) is 5.98. The second-order valence-corrected chi connectivity index (χ2v) is 9.03. The maximum absolute atomic E-state index is 13.6. The van der Waals surface area contributed by atoms with Crippen molar-refractivity contribution in [1.29, 1.82) is 0 Å². The van der Waals surface area contributed by atoms with E-state index in [1.165, 1.54) is 12.1 Å². The van der Waals surface area contributed by atoms with E-state index in [1.807, 2.05) is 38.1 Å². The molecule has 2 heterocycles. The van der Waals surface area contributed by atoms with Crippen molar-refractivity contribution in [3.63, 3.8) is 0 Å². The molecule has 1 aromatic heterocycles. The molecule has 8 heteroatoms. The topological polar surface area (TPSA) is 63.4 Å². The van der Waals surface area contributed by atoms with Gasteiger partial charge < -0.3 is 19.5 Å². The largest absolute Gasteiger partial charge is 0.494 e. The van der Waals surface area contributed by atoms with Gasteiger partial charge in [0.25, 0.3) is 5.89 Å². The third kappa shape index (κ3) is 5.12. The fraction of sp³-hybridized carbons (Fsp3) is 0.346. The summed E-state index contributed by atoms with van der Waals surface area (Å²) in [4.78, 5) is 6.79. The minimum absolute atomic E-state index is 0.293. The number of nitrogens with one attached hydrogen (secondary N) is 1. The van der Waals surface area contributed by atoms with Crippen LogP contribution in [0.1, 0.15) is 51.6 Å². The van der Waals surface area contributed by atoms with Gasteiger partial charge in [-0.3, -0.25) is 0 Å². The van der Waals surface area contributed by atoms with Gasteiger partial charge in [0.2, 0.25) is 5.82 Å². The van der Waals surface area contributed by atoms with E-state index in [0.29, 0.717) is 29.4 Å². The van der Waals surface area contributed by atoms with E-state index < -0.39 is 0 Å². The lowest BCUT2D eigenvalue weighted by Crippen LogP contribution is -2.46. The van der Waals surface area contributed by atoms with Gasteiger partial charge in [-0.15, -0.1) is 0 Å². The first kappa shape index (κ1) is 23.9. The van der Waals surface area contributed by atoms with Crippen molar-refractivity contribution in [2.24, 2.45) is 5.92 Å². The summed E-state index contributed by atoms with van der Waals surface area (Å²) in [5, 5.41) is 8.27. The Morgan fingerprint density at radius 1 is 1.15 bits per heavy atom. The molecule has 178 valence electrons. The number of ether oxygens (including phenoxy) is 1. The van der Waals surface area contributed by atoms with Gasteiger partial charge in [-0.25, -0.2) is 4.39 Å². The van der Waals surface area contributed by atoms with Crippen molar-refractivity contribution in [3.8, 4) is 17.1 Å². The summed E-state index contributed by atoms with van der Waals surface area (Å²) < 4.78 is 24.9. The van der Waals surface area contributed by atoms with Gasteiger partial charge >= 0.3 is 0 Å². The number of aromatic nitrogens is 2. The fourth-order valence-electron chi connectivity index (χ4n) is 3.94. The maximum Gasteiger partial charge on any atom is 0.258 e. The Balaban J connectivity index is 1.73. The van der Waals surface area contributed by atoms with Crippen LogP contribution in [-0.2, 0) is 0 Å². The SMILES string of the molecule is CCOc1ccc(-c2noc(C3=C(C)N(CCC(C)C)C(=S)NC3c3ccc(F)cc3)n2)cc1. The Kier molecular flexibility index (Phi) is 7.26. The summed E-state index contributed by atoms with van der Waals surface area (Å²) in [5.41, 5.74) is 3.46. The molecule has 0 radical (unpaired) electrons.